The molecule has 4 nitrogen and oxygen atoms in total. The van der Waals surface area contributed by atoms with Crippen molar-refractivity contribution in [3.8, 4) is 0 Å². The molecule has 0 saturated carbocycles. The van der Waals surface area contributed by atoms with Gasteiger partial charge in [-0.3, -0.25) is 0 Å². The first kappa shape index (κ1) is 15.6. The molecule has 2 N–H and O–H groups in total. The number of anilines is 2. The maximum absolute atomic E-state index is 13.1. The Morgan fingerprint density at radius 2 is 1.90 bits per heavy atom. The average Bonchev–Trinajstić information content (AvgIpc) is 2.51. The van der Waals surface area contributed by atoms with Gasteiger partial charge in [-0.1, -0.05) is 30.8 Å². The van der Waals surface area contributed by atoms with E-state index in [0.717, 1.165) is 30.2 Å². The third kappa shape index (κ3) is 4.90. The van der Waals surface area contributed by atoms with Crippen LogP contribution < -0.4 is 10.6 Å². The minimum absolute atomic E-state index is 0.230. The Morgan fingerprint density at radius 3 is 2.57 bits per heavy atom. The number of hydrogen-bond donors (Lipinski definition) is 2. The molecule has 0 radical (unpaired) electrons. The summed E-state index contributed by atoms with van der Waals surface area (Å²) >= 11 is 1.49. The first-order chi connectivity index (χ1) is 10.2. The fraction of sp³-hybridized carbons (Fsp3) is 0.333. The Kier molecular flexibility index (Phi) is 5.80. The Bertz CT molecular complexity index is 592. The molecule has 0 bridgehead atoms. The number of nitrogens with zero attached hydrogens (tertiary/aromatic N) is 2. The lowest BCUT2D eigenvalue weighted by Gasteiger charge is -2.10. The van der Waals surface area contributed by atoms with E-state index in [4.69, 9.17) is 0 Å². The van der Waals surface area contributed by atoms with Crippen LogP contribution in [0.4, 0.5) is 16.0 Å². The number of hydrogen-bond acceptors (Lipinski definition) is 5. The summed E-state index contributed by atoms with van der Waals surface area (Å²) in [5, 5.41) is 7.17. The molecule has 0 spiro atoms. The fourth-order valence-corrected chi connectivity index (χ4v) is 2.17. The van der Waals surface area contributed by atoms with Crippen LogP contribution in [0.5, 0.6) is 0 Å². The van der Waals surface area contributed by atoms with Gasteiger partial charge in [-0.05, 0) is 30.4 Å². The molecule has 0 amide bonds. The lowest BCUT2D eigenvalue weighted by molar-refractivity contribution is 0.626. The van der Waals surface area contributed by atoms with Crippen molar-refractivity contribution in [2.75, 3.05) is 23.4 Å². The van der Waals surface area contributed by atoms with Crippen LogP contribution >= 0.6 is 11.8 Å². The summed E-state index contributed by atoms with van der Waals surface area (Å²) in [5.41, 5.74) is 0.877. The molecular formula is C15H19FN4S. The van der Waals surface area contributed by atoms with Crippen molar-refractivity contribution in [3.63, 3.8) is 0 Å². The van der Waals surface area contributed by atoms with Crippen LogP contribution in [0.15, 0.2) is 35.5 Å². The predicted octanol–water partition coefficient (Wildman–Crippen LogP) is 3.77. The Labute approximate surface area is 128 Å². The number of rotatable bonds is 7. The Morgan fingerprint density at radius 1 is 1.14 bits per heavy atom. The summed E-state index contributed by atoms with van der Waals surface area (Å²) in [6.07, 6.45) is 2.97. The van der Waals surface area contributed by atoms with E-state index in [1.54, 1.807) is 6.07 Å². The minimum Gasteiger partial charge on any atom is -0.370 e. The van der Waals surface area contributed by atoms with Crippen LogP contribution in [0.25, 0.3) is 0 Å². The average molecular weight is 306 g/mol. The van der Waals surface area contributed by atoms with E-state index in [9.17, 15) is 4.39 Å². The number of halogens is 1. The van der Waals surface area contributed by atoms with E-state index < -0.39 is 0 Å². The Balaban J connectivity index is 2.07. The Hall–Kier alpha value is -1.82. The minimum atomic E-state index is -0.230. The summed E-state index contributed by atoms with van der Waals surface area (Å²) < 4.78 is 13.1. The van der Waals surface area contributed by atoms with Gasteiger partial charge in [0.15, 0.2) is 5.16 Å². The fourth-order valence-electron chi connectivity index (χ4n) is 1.79. The van der Waals surface area contributed by atoms with E-state index in [0.29, 0.717) is 11.7 Å². The summed E-state index contributed by atoms with van der Waals surface area (Å²) in [4.78, 5) is 8.80. The van der Waals surface area contributed by atoms with Gasteiger partial charge in [0.1, 0.15) is 17.5 Å². The standard InChI is InChI=1S/C15H19FN4S/c1-3-7-17-13-9-14(20-15(19-13)21-2)18-10-11-5-4-6-12(16)8-11/h4-6,8-9H,3,7,10H2,1-2H3,(H2,17,18,19,20). The summed E-state index contributed by atoms with van der Waals surface area (Å²) in [7, 11) is 0. The van der Waals surface area contributed by atoms with Gasteiger partial charge < -0.3 is 10.6 Å². The third-order valence-corrected chi connectivity index (χ3v) is 3.35. The van der Waals surface area contributed by atoms with Gasteiger partial charge in [0.25, 0.3) is 0 Å². The van der Waals surface area contributed by atoms with Crippen LogP contribution in [0.1, 0.15) is 18.9 Å². The summed E-state index contributed by atoms with van der Waals surface area (Å²) in [5.74, 6) is 1.31. The maximum atomic E-state index is 13.1. The van der Waals surface area contributed by atoms with Gasteiger partial charge in [0, 0.05) is 19.2 Å². The molecule has 0 aliphatic heterocycles. The second-order valence-electron chi connectivity index (χ2n) is 4.54. The number of thioether (sulfide) groups is 1. The van der Waals surface area contributed by atoms with Gasteiger partial charge in [-0.15, -0.1) is 0 Å². The van der Waals surface area contributed by atoms with Gasteiger partial charge in [0.05, 0.1) is 0 Å². The van der Waals surface area contributed by atoms with E-state index in [1.165, 1.54) is 23.9 Å². The van der Waals surface area contributed by atoms with Gasteiger partial charge in [0.2, 0.25) is 0 Å². The van der Waals surface area contributed by atoms with Crippen molar-refractivity contribution >= 4 is 23.4 Å². The highest BCUT2D eigenvalue weighted by Crippen LogP contribution is 2.18. The first-order valence-corrected chi connectivity index (χ1v) is 8.09. The van der Waals surface area contributed by atoms with E-state index in [-0.39, 0.29) is 5.82 Å². The van der Waals surface area contributed by atoms with Crippen molar-refractivity contribution in [2.45, 2.75) is 25.0 Å². The second kappa shape index (κ2) is 7.83. The van der Waals surface area contributed by atoms with Crippen LogP contribution in [0.3, 0.4) is 0 Å². The highest BCUT2D eigenvalue weighted by molar-refractivity contribution is 7.98. The molecular weight excluding hydrogens is 287 g/mol. The number of nitrogens with one attached hydrogen (secondary N) is 2. The maximum Gasteiger partial charge on any atom is 0.191 e. The largest absolute Gasteiger partial charge is 0.370 e. The first-order valence-electron chi connectivity index (χ1n) is 6.86. The van der Waals surface area contributed by atoms with Crippen LogP contribution in [0, 0.1) is 5.82 Å². The summed E-state index contributed by atoms with van der Waals surface area (Å²) in [6.45, 7) is 3.50. The molecule has 2 aromatic rings. The molecule has 0 unspecified atom stereocenters. The molecule has 0 atom stereocenters. The third-order valence-electron chi connectivity index (χ3n) is 2.81. The molecule has 0 fully saturated rings. The molecule has 21 heavy (non-hydrogen) atoms. The van der Waals surface area contributed by atoms with Crippen LogP contribution in [0.2, 0.25) is 0 Å². The molecule has 2 rings (SSSR count). The van der Waals surface area contributed by atoms with E-state index in [1.807, 2.05) is 18.4 Å². The lowest BCUT2D eigenvalue weighted by Crippen LogP contribution is -2.07. The zero-order valence-electron chi connectivity index (χ0n) is 12.2. The predicted molar refractivity (Wildman–Crippen MR) is 86.3 cm³/mol. The van der Waals surface area contributed by atoms with Crippen molar-refractivity contribution < 1.29 is 4.39 Å². The van der Waals surface area contributed by atoms with Crippen LogP contribution in [-0.4, -0.2) is 22.8 Å². The van der Waals surface area contributed by atoms with E-state index in [2.05, 4.69) is 27.5 Å². The second-order valence-corrected chi connectivity index (χ2v) is 5.31. The monoisotopic (exact) mass is 306 g/mol. The van der Waals surface area contributed by atoms with Crippen molar-refractivity contribution in [1.29, 1.82) is 0 Å². The van der Waals surface area contributed by atoms with Gasteiger partial charge >= 0.3 is 0 Å². The topological polar surface area (TPSA) is 49.8 Å². The molecule has 1 aromatic heterocycles. The molecule has 1 aromatic carbocycles. The van der Waals surface area contributed by atoms with Gasteiger partial charge in [-0.25, -0.2) is 14.4 Å². The quantitative estimate of drug-likeness (QED) is 0.602. The van der Waals surface area contributed by atoms with Gasteiger partial charge in [-0.2, -0.15) is 0 Å². The molecule has 6 heteroatoms. The molecule has 0 aliphatic carbocycles. The highest BCUT2D eigenvalue weighted by Gasteiger charge is 2.04. The highest BCUT2D eigenvalue weighted by atomic mass is 32.2. The van der Waals surface area contributed by atoms with Crippen molar-refractivity contribution in [2.24, 2.45) is 0 Å². The lowest BCUT2D eigenvalue weighted by atomic mass is 10.2. The number of benzene rings is 1. The smallest absolute Gasteiger partial charge is 0.191 e. The SMILES string of the molecule is CCCNc1cc(NCc2cccc(F)c2)nc(SC)n1. The molecule has 0 saturated heterocycles. The molecule has 112 valence electrons. The normalized spacial score (nSPS) is 10.4. The van der Waals surface area contributed by atoms with Crippen LogP contribution in [-0.2, 0) is 6.54 Å². The van der Waals surface area contributed by atoms with Crippen molar-refractivity contribution in [1.82, 2.24) is 9.97 Å². The number of aromatic nitrogens is 2. The van der Waals surface area contributed by atoms with E-state index >= 15 is 0 Å². The molecule has 1 heterocycles. The molecule has 0 aliphatic rings. The zero-order chi connectivity index (χ0) is 15.1. The summed E-state index contributed by atoms with van der Waals surface area (Å²) in [6, 6.07) is 8.40. The van der Waals surface area contributed by atoms with Crippen molar-refractivity contribution in [3.05, 3.63) is 41.7 Å². The zero-order valence-corrected chi connectivity index (χ0v) is 13.0.